The smallest absolute Gasteiger partial charge is 0.264 e. The number of carbonyl (C=O) groups is 3. The van der Waals surface area contributed by atoms with E-state index in [0.717, 1.165) is 5.56 Å². The molecule has 0 saturated carbocycles. The van der Waals surface area contributed by atoms with Crippen LogP contribution in [-0.4, -0.2) is 33.6 Å². The van der Waals surface area contributed by atoms with Crippen LogP contribution in [-0.2, 0) is 11.2 Å². The lowest BCUT2D eigenvalue weighted by Gasteiger charge is -2.23. The molecule has 0 aromatic heterocycles. The third-order valence-corrected chi connectivity index (χ3v) is 6.23. The minimum atomic E-state index is -0.431. The molecule has 1 aliphatic rings. The number of azo groups is 1. The third-order valence-electron chi connectivity index (χ3n) is 6.23. The van der Waals surface area contributed by atoms with Crippen LogP contribution >= 0.6 is 0 Å². The molecule has 3 aromatic carbocycles. The Morgan fingerprint density at radius 3 is 2.14 bits per heavy atom. The molecule has 3 aromatic rings. The number of hydrogen-bond acceptors (Lipinski definition) is 6. The second kappa shape index (κ2) is 10.9. The minimum absolute atomic E-state index is 0.0128. The predicted octanol–water partition coefficient (Wildman–Crippen LogP) is 6.29. The molecule has 2 amide bonds. The summed E-state index contributed by atoms with van der Waals surface area (Å²) in [6, 6.07) is 22.3. The quantitative estimate of drug-likeness (QED) is 0.168. The summed E-state index contributed by atoms with van der Waals surface area (Å²) >= 11 is 0. The van der Waals surface area contributed by atoms with Crippen molar-refractivity contribution in [3.8, 4) is 0 Å². The Morgan fingerprint density at radius 2 is 1.50 bits per heavy atom. The van der Waals surface area contributed by atoms with Gasteiger partial charge >= 0.3 is 0 Å². The molecule has 0 bridgehead atoms. The highest BCUT2D eigenvalue weighted by Crippen LogP contribution is 2.34. The largest absolute Gasteiger partial charge is 0.505 e. The molecule has 7 nitrogen and oxygen atoms in total. The summed E-state index contributed by atoms with van der Waals surface area (Å²) in [7, 11) is 0. The summed E-state index contributed by atoms with van der Waals surface area (Å²) in [6.07, 6.45) is 1.30. The molecule has 1 heterocycles. The maximum Gasteiger partial charge on any atom is 0.264 e. The van der Waals surface area contributed by atoms with Crippen molar-refractivity contribution in [3.63, 3.8) is 0 Å². The molecule has 36 heavy (non-hydrogen) atoms. The first-order chi connectivity index (χ1) is 17.5. The first-order valence-electron chi connectivity index (χ1n) is 11.9. The number of carbonyl (C=O) groups excluding carboxylic acids is 3. The van der Waals surface area contributed by atoms with E-state index in [2.05, 4.69) is 10.2 Å². The number of amides is 2. The van der Waals surface area contributed by atoms with E-state index in [1.807, 2.05) is 44.2 Å². The van der Waals surface area contributed by atoms with Crippen molar-refractivity contribution >= 4 is 29.0 Å². The fraction of sp³-hybridized carbons (Fsp3) is 0.207. The highest BCUT2D eigenvalue weighted by Gasteiger charge is 2.40. The summed E-state index contributed by atoms with van der Waals surface area (Å²) in [5.74, 6) is -1.52. The van der Waals surface area contributed by atoms with E-state index in [-0.39, 0.29) is 46.6 Å². The molecule has 0 unspecified atom stereocenters. The molecule has 4 rings (SSSR count). The molecule has 1 N–H and O–H groups in total. The van der Waals surface area contributed by atoms with E-state index in [0.29, 0.717) is 18.4 Å². The first-order valence-corrected chi connectivity index (χ1v) is 11.9. The maximum atomic E-state index is 13.2. The summed E-state index contributed by atoms with van der Waals surface area (Å²) in [5, 5.41) is 19.3. The Hall–Kier alpha value is -4.39. The lowest BCUT2D eigenvalue weighted by molar-refractivity contribution is -0.115. The van der Waals surface area contributed by atoms with Gasteiger partial charge in [0, 0.05) is 18.0 Å². The molecule has 0 radical (unpaired) electrons. The third kappa shape index (κ3) is 4.86. The van der Waals surface area contributed by atoms with Crippen LogP contribution in [0.25, 0.3) is 5.76 Å². The van der Waals surface area contributed by atoms with Gasteiger partial charge in [0.05, 0.1) is 16.8 Å². The van der Waals surface area contributed by atoms with E-state index in [1.54, 1.807) is 48.5 Å². The predicted molar refractivity (Wildman–Crippen MR) is 137 cm³/mol. The summed E-state index contributed by atoms with van der Waals surface area (Å²) in [4.78, 5) is 40.7. The Morgan fingerprint density at radius 1 is 0.861 bits per heavy atom. The zero-order valence-corrected chi connectivity index (χ0v) is 20.2. The van der Waals surface area contributed by atoms with Gasteiger partial charge in [-0.3, -0.25) is 19.3 Å². The topological polar surface area (TPSA) is 99.4 Å². The van der Waals surface area contributed by atoms with Gasteiger partial charge in [-0.15, -0.1) is 10.2 Å². The summed E-state index contributed by atoms with van der Waals surface area (Å²) < 4.78 is 0. The van der Waals surface area contributed by atoms with Gasteiger partial charge in [-0.1, -0.05) is 80.6 Å². The van der Waals surface area contributed by atoms with Gasteiger partial charge < -0.3 is 5.11 Å². The lowest BCUT2D eigenvalue weighted by atomic mass is 10.0. The Balaban J connectivity index is 1.75. The van der Waals surface area contributed by atoms with Gasteiger partial charge in [0.15, 0.2) is 17.2 Å². The van der Waals surface area contributed by atoms with Crippen LogP contribution in [0.15, 0.2) is 94.8 Å². The van der Waals surface area contributed by atoms with Crippen LogP contribution in [0.5, 0.6) is 0 Å². The maximum absolute atomic E-state index is 13.2. The van der Waals surface area contributed by atoms with Crippen molar-refractivity contribution in [2.45, 2.75) is 39.2 Å². The van der Waals surface area contributed by atoms with Crippen molar-refractivity contribution in [1.29, 1.82) is 0 Å². The second-order valence-electron chi connectivity index (χ2n) is 8.50. The van der Waals surface area contributed by atoms with Crippen molar-refractivity contribution in [1.82, 2.24) is 4.90 Å². The Labute approximate surface area is 209 Å². The number of aliphatic hydroxyl groups is 1. The molecule has 0 spiro atoms. The van der Waals surface area contributed by atoms with Crippen molar-refractivity contribution in [2.24, 2.45) is 10.2 Å². The van der Waals surface area contributed by atoms with E-state index in [9.17, 15) is 19.5 Å². The number of benzene rings is 3. The summed E-state index contributed by atoms with van der Waals surface area (Å²) in [6.45, 7) is 3.86. The van der Waals surface area contributed by atoms with Gasteiger partial charge in [-0.2, -0.15) is 0 Å². The molecule has 0 aliphatic carbocycles. The molecular weight excluding hydrogens is 454 g/mol. The lowest BCUT2D eigenvalue weighted by Crippen LogP contribution is -2.39. The Kier molecular flexibility index (Phi) is 7.49. The number of allylic oxidation sites excluding steroid dienone is 1. The van der Waals surface area contributed by atoms with Crippen LogP contribution in [0.1, 0.15) is 58.5 Å². The summed E-state index contributed by atoms with van der Waals surface area (Å²) in [5.41, 5.74) is 1.54. The molecule has 1 aliphatic heterocycles. The number of Topliss-reactive ketones (excluding diaryl/α,β-unsaturated/α-hetero) is 1. The number of ketones is 1. The van der Waals surface area contributed by atoms with Gasteiger partial charge in [-0.25, -0.2) is 0 Å². The van der Waals surface area contributed by atoms with E-state index in [4.69, 9.17) is 0 Å². The van der Waals surface area contributed by atoms with Crippen molar-refractivity contribution < 1.29 is 19.5 Å². The Bertz CT molecular complexity index is 1340. The van der Waals surface area contributed by atoms with Gasteiger partial charge in [0.2, 0.25) is 0 Å². The average molecular weight is 482 g/mol. The van der Waals surface area contributed by atoms with Crippen molar-refractivity contribution in [3.05, 3.63) is 107 Å². The number of hydrogen-bond donors (Lipinski definition) is 1. The van der Waals surface area contributed by atoms with Crippen LogP contribution in [0.2, 0.25) is 0 Å². The molecule has 182 valence electrons. The van der Waals surface area contributed by atoms with Gasteiger partial charge in [0.1, 0.15) is 0 Å². The molecule has 0 saturated heterocycles. The number of fused-ring (bicyclic) bond motifs is 1. The standard InChI is InChI=1S/C29H27N3O4/c1-3-21(4-2)32-28(35)22-16-11-17-23(25(22)29(32)36)30-31-26(27(34)20-14-9-6-10-15-20)24(33)18-19-12-7-5-8-13-19/h5-17,21,34H,3-4,18H2,1-2H3. The minimum Gasteiger partial charge on any atom is -0.505 e. The molecule has 7 heteroatoms. The highest BCUT2D eigenvalue weighted by molar-refractivity contribution is 6.23. The van der Waals surface area contributed by atoms with Crippen LogP contribution in [0.3, 0.4) is 0 Å². The van der Waals surface area contributed by atoms with Gasteiger partial charge in [-0.05, 0) is 30.5 Å². The fourth-order valence-electron chi connectivity index (χ4n) is 4.29. The number of rotatable bonds is 9. The monoisotopic (exact) mass is 481 g/mol. The normalized spacial score (nSPS) is 13.9. The molecular formula is C29H27N3O4. The van der Waals surface area contributed by atoms with Crippen LogP contribution in [0, 0.1) is 0 Å². The SMILES string of the molecule is CCC(CC)N1C(=O)c2cccc(N=NC(C(=O)Cc3ccccc3)=C(O)c3ccccc3)c2C1=O. The van der Waals surface area contributed by atoms with E-state index < -0.39 is 11.7 Å². The number of aliphatic hydroxyl groups excluding tert-OH is 1. The highest BCUT2D eigenvalue weighted by atomic mass is 16.3. The van der Waals surface area contributed by atoms with Crippen LogP contribution in [0.4, 0.5) is 5.69 Å². The molecule has 0 atom stereocenters. The fourth-order valence-corrected chi connectivity index (χ4v) is 4.29. The van der Waals surface area contributed by atoms with E-state index >= 15 is 0 Å². The molecule has 0 fully saturated rings. The number of imide groups is 1. The second-order valence-corrected chi connectivity index (χ2v) is 8.50. The zero-order valence-electron chi connectivity index (χ0n) is 20.2. The van der Waals surface area contributed by atoms with Crippen LogP contribution < -0.4 is 0 Å². The number of nitrogens with zero attached hydrogens (tertiary/aromatic N) is 3. The van der Waals surface area contributed by atoms with Gasteiger partial charge in [0.25, 0.3) is 11.8 Å². The first kappa shape index (κ1) is 24.7. The van der Waals surface area contributed by atoms with E-state index in [1.165, 1.54) is 4.90 Å². The zero-order chi connectivity index (χ0) is 25.7. The van der Waals surface area contributed by atoms with Crippen molar-refractivity contribution in [2.75, 3.05) is 0 Å². The average Bonchev–Trinajstić information content (AvgIpc) is 3.16.